The zero-order valence-electron chi connectivity index (χ0n) is 32.9. The van der Waals surface area contributed by atoms with E-state index in [1.807, 2.05) is 0 Å². The predicted octanol–water partition coefficient (Wildman–Crippen LogP) is 15.4. The van der Waals surface area contributed by atoms with Crippen molar-refractivity contribution >= 4 is 98.2 Å². The summed E-state index contributed by atoms with van der Waals surface area (Å²) in [5.41, 5.74) is 10.6. The minimum atomic E-state index is -4.47. The van der Waals surface area contributed by atoms with Crippen molar-refractivity contribution in [2.45, 2.75) is 98.2 Å². The molecule has 4 unspecified atom stereocenters. The van der Waals surface area contributed by atoms with Crippen molar-refractivity contribution < 1.29 is 17.6 Å². The molecule has 4 bridgehead atoms. The Labute approximate surface area is 358 Å². The molecule has 2 aromatic rings. The quantitative estimate of drug-likeness (QED) is 0.253. The number of allylic oxidation sites excluding steroid dienone is 16. The molecule has 54 heavy (non-hydrogen) atoms. The number of hydrogen-bond donors (Lipinski definition) is 0. The van der Waals surface area contributed by atoms with Gasteiger partial charge in [0.1, 0.15) is 0 Å². The molecular formula is C44H50Cl6HfSi3. The average molecular weight is 1050 g/mol. The summed E-state index contributed by atoms with van der Waals surface area (Å²) < 4.78 is 0.0766. The van der Waals surface area contributed by atoms with Crippen LogP contribution in [-0.2, 0) is 17.6 Å². The van der Waals surface area contributed by atoms with Gasteiger partial charge >= 0.3 is 362 Å². The molecule has 4 aliphatic carbocycles. The first-order chi connectivity index (χ1) is 25.2. The van der Waals surface area contributed by atoms with E-state index in [1.165, 1.54) is 43.8 Å². The number of benzene rings is 2. The van der Waals surface area contributed by atoms with Crippen molar-refractivity contribution in [1.82, 2.24) is 0 Å². The van der Waals surface area contributed by atoms with E-state index in [4.69, 9.17) is 63.6 Å². The summed E-state index contributed by atoms with van der Waals surface area (Å²) >= 11 is 24.2. The van der Waals surface area contributed by atoms with Crippen LogP contribution in [0.1, 0.15) is 49.7 Å². The van der Waals surface area contributed by atoms with E-state index < -0.39 is 41.8 Å². The topological polar surface area (TPSA) is 0 Å². The van der Waals surface area contributed by atoms with Crippen LogP contribution in [0.4, 0.5) is 0 Å². The molecular weight excluding hydrogens is 1000 g/mol. The molecule has 0 aromatic heterocycles. The number of rotatable bonds is 6. The van der Waals surface area contributed by atoms with E-state index in [0.717, 1.165) is 54.4 Å². The van der Waals surface area contributed by atoms with Crippen LogP contribution in [0, 0.1) is 0 Å². The van der Waals surface area contributed by atoms with Crippen molar-refractivity contribution in [3.63, 3.8) is 0 Å². The van der Waals surface area contributed by atoms with Crippen LogP contribution in [0.2, 0.25) is 79.8 Å². The van der Waals surface area contributed by atoms with Gasteiger partial charge in [-0.2, -0.15) is 0 Å². The molecule has 0 radical (unpaired) electrons. The molecule has 1 heterocycles. The Morgan fingerprint density at radius 2 is 0.907 bits per heavy atom. The molecule has 0 amide bonds. The van der Waals surface area contributed by atoms with Crippen molar-refractivity contribution in [2.24, 2.45) is 0 Å². The Morgan fingerprint density at radius 3 is 1.20 bits per heavy atom. The second-order valence-electron chi connectivity index (χ2n) is 18.1. The van der Waals surface area contributed by atoms with Crippen LogP contribution in [0.25, 0.3) is 0 Å². The van der Waals surface area contributed by atoms with Crippen molar-refractivity contribution in [2.75, 3.05) is 0 Å². The number of halogens is 6. The normalized spacial score (nSPS) is 25.6. The molecule has 1 aliphatic heterocycles. The second-order valence-corrected chi connectivity index (χ2v) is 54.8. The number of hydrogen-bond acceptors (Lipinski definition) is 0. The molecule has 7 rings (SSSR count). The molecule has 0 N–H and O–H groups in total. The van der Waals surface area contributed by atoms with Gasteiger partial charge in [0, 0.05) is 0 Å². The number of fused-ring (bicyclic) bond motifs is 6. The predicted molar refractivity (Wildman–Crippen MR) is 246 cm³/mol. The summed E-state index contributed by atoms with van der Waals surface area (Å²) in [5.74, 6) is -0.0579. The maximum atomic E-state index is 8.33. The summed E-state index contributed by atoms with van der Waals surface area (Å²) in [6.45, 7) is 23.6. The van der Waals surface area contributed by atoms with Crippen molar-refractivity contribution in [1.29, 1.82) is 0 Å². The van der Waals surface area contributed by atoms with Gasteiger partial charge in [-0.3, -0.25) is 0 Å². The Hall–Kier alpha value is -0.379. The van der Waals surface area contributed by atoms with Crippen molar-refractivity contribution in [3.05, 3.63) is 148 Å². The molecule has 10 heteroatoms. The van der Waals surface area contributed by atoms with Gasteiger partial charge in [0.05, 0.1) is 0 Å². The summed E-state index contributed by atoms with van der Waals surface area (Å²) in [6.07, 6.45) is 20.0. The molecule has 0 nitrogen and oxygen atoms in total. The minimum absolute atomic E-state index is 0.0289. The van der Waals surface area contributed by atoms with Gasteiger partial charge in [-0.1, -0.05) is 0 Å². The third-order valence-electron chi connectivity index (χ3n) is 12.3. The maximum absolute atomic E-state index is 8.33. The summed E-state index contributed by atoms with van der Waals surface area (Å²) in [5, 5.41) is 8.36. The molecule has 4 atom stereocenters. The Morgan fingerprint density at radius 1 is 0.574 bits per heavy atom. The van der Waals surface area contributed by atoms with Gasteiger partial charge in [0.2, 0.25) is 0 Å². The molecule has 5 aliphatic rings. The molecule has 2 aromatic carbocycles. The fourth-order valence-electron chi connectivity index (χ4n) is 10.5. The van der Waals surface area contributed by atoms with Crippen molar-refractivity contribution in [3.8, 4) is 0 Å². The van der Waals surface area contributed by atoms with Gasteiger partial charge in [-0.15, -0.1) is 0 Å². The fraction of sp³-hybridized carbons (Fsp3) is 0.364. The van der Waals surface area contributed by atoms with Gasteiger partial charge < -0.3 is 0 Å². The SMILES string of the molecule is CCC1=C2C3=C(C=CC=CC3c3cc(Cl)c([Si](C)(C)C)c(Cl)c3)[CH]1[Hf]([Cl])([Cl])[CH]1C3=C(C(=C1CC)[Si]2(C)C)C(c1cc(Cl)c([Si](C)(C)C)c(Cl)c1)C=CC=C3. The average Bonchev–Trinajstić information content (AvgIpc) is 3.39. The third kappa shape index (κ3) is 6.60. The van der Waals surface area contributed by atoms with Crippen LogP contribution >= 0.6 is 63.6 Å². The summed E-state index contributed by atoms with van der Waals surface area (Å²) in [7, 11) is 10.6. The molecule has 0 spiro atoms. The Bertz CT molecular complexity index is 2040. The molecule has 0 fully saturated rings. The van der Waals surface area contributed by atoms with E-state index >= 15 is 0 Å². The Balaban J connectivity index is 1.50. The van der Waals surface area contributed by atoms with E-state index in [-0.39, 0.29) is 19.2 Å². The monoisotopic (exact) mass is 1050 g/mol. The second kappa shape index (κ2) is 14.7. The molecule has 0 saturated heterocycles. The molecule has 0 saturated carbocycles. The van der Waals surface area contributed by atoms with Gasteiger partial charge in [-0.25, -0.2) is 0 Å². The zero-order valence-corrected chi connectivity index (χ0v) is 44.0. The van der Waals surface area contributed by atoms with Gasteiger partial charge in [0.15, 0.2) is 0 Å². The van der Waals surface area contributed by atoms with Crippen LogP contribution in [0.15, 0.2) is 117 Å². The van der Waals surface area contributed by atoms with Gasteiger partial charge in [-0.05, 0) is 0 Å². The Kier molecular flexibility index (Phi) is 11.4. The van der Waals surface area contributed by atoms with Crippen LogP contribution in [-0.4, -0.2) is 24.2 Å². The first-order valence-electron chi connectivity index (χ1n) is 19.2. The zero-order chi connectivity index (χ0) is 39.4. The van der Waals surface area contributed by atoms with Crippen LogP contribution in [0.5, 0.6) is 0 Å². The first-order valence-corrected chi connectivity index (χ1v) is 43.8. The fourth-order valence-corrected chi connectivity index (χ4v) is 43.5. The van der Waals surface area contributed by atoms with E-state index in [2.05, 4.69) is 139 Å². The van der Waals surface area contributed by atoms with E-state index in [1.54, 1.807) is 0 Å². The summed E-state index contributed by atoms with van der Waals surface area (Å²) in [6, 6.07) is 8.75. The summed E-state index contributed by atoms with van der Waals surface area (Å²) in [4.78, 5) is 0. The van der Waals surface area contributed by atoms with E-state index in [0.29, 0.717) is 0 Å². The third-order valence-corrected chi connectivity index (χ3v) is 39.3. The van der Waals surface area contributed by atoms with E-state index in [9.17, 15) is 0 Å². The van der Waals surface area contributed by atoms with Crippen LogP contribution < -0.4 is 10.4 Å². The first kappa shape index (κ1) is 41.8. The van der Waals surface area contributed by atoms with Crippen LogP contribution in [0.3, 0.4) is 0 Å². The molecule has 284 valence electrons. The van der Waals surface area contributed by atoms with Gasteiger partial charge in [0.25, 0.3) is 0 Å². The standard InChI is InChI=1S/C44H50Cl4Si3.2ClH.Hf/c1-11-27-21-29-17-13-15-19-33(31-23-35(45)43(36(46)24-31)49(3,4)5)39(29)41(27)51(9,10)42-28(12-2)22-30-18-14-16-20-34(40(30)42)32-25-37(47)44(38(48)26-32)50(6,7)8;;;/h13-26,33-34H,11-12H2,1-10H3;2*1H;/q;;;+2/p-2.